The molecule has 2 aromatic heterocycles. The molecular formula is C22H17BrF3N5O3. The zero-order valence-corrected chi connectivity index (χ0v) is 19.3. The molecule has 0 aliphatic rings. The Balaban J connectivity index is 2.03. The average molecular weight is 536 g/mol. The number of rotatable bonds is 6. The summed E-state index contributed by atoms with van der Waals surface area (Å²) in [5, 5.41) is 14.8. The fourth-order valence-corrected chi connectivity index (χ4v) is 4.24. The average Bonchev–Trinajstić information content (AvgIpc) is 3.19. The van der Waals surface area contributed by atoms with Crippen molar-refractivity contribution in [1.82, 2.24) is 23.9 Å². The number of aromatic hydroxyl groups is 1. The third-order valence-corrected chi connectivity index (χ3v) is 5.93. The number of aromatic nitrogens is 5. The number of fused-ring (bicyclic) bond motifs is 1. The lowest BCUT2D eigenvalue weighted by Crippen LogP contribution is -2.41. The van der Waals surface area contributed by atoms with Gasteiger partial charge in [-0.05, 0) is 30.2 Å². The van der Waals surface area contributed by atoms with E-state index in [-0.39, 0.29) is 41.0 Å². The molecule has 0 aliphatic carbocycles. The van der Waals surface area contributed by atoms with E-state index in [2.05, 4.69) is 32.6 Å². The first-order valence-corrected chi connectivity index (χ1v) is 10.7. The number of aryl methyl sites for hydroxylation is 1. The maximum Gasteiger partial charge on any atom is 0.332 e. The van der Waals surface area contributed by atoms with Crippen molar-refractivity contribution in [2.75, 3.05) is 0 Å². The van der Waals surface area contributed by atoms with Crippen molar-refractivity contribution in [2.45, 2.75) is 19.5 Å². The molecule has 0 radical (unpaired) electrons. The van der Waals surface area contributed by atoms with Gasteiger partial charge in [0.2, 0.25) is 0 Å². The molecule has 4 aromatic rings. The molecule has 12 heteroatoms. The van der Waals surface area contributed by atoms with Gasteiger partial charge >= 0.3 is 5.69 Å². The highest BCUT2D eigenvalue weighted by Crippen LogP contribution is 2.33. The number of benzene rings is 2. The predicted molar refractivity (Wildman–Crippen MR) is 121 cm³/mol. The summed E-state index contributed by atoms with van der Waals surface area (Å²) >= 11 is 3.32. The van der Waals surface area contributed by atoms with Gasteiger partial charge < -0.3 is 5.11 Å². The van der Waals surface area contributed by atoms with Crippen LogP contribution in [-0.2, 0) is 26.6 Å². The predicted octanol–water partition coefficient (Wildman–Crippen LogP) is 3.00. The van der Waals surface area contributed by atoms with Crippen molar-refractivity contribution < 1.29 is 18.3 Å². The van der Waals surface area contributed by atoms with E-state index in [1.807, 2.05) is 0 Å². The molecule has 8 nitrogen and oxygen atoms in total. The van der Waals surface area contributed by atoms with Crippen LogP contribution in [0, 0.1) is 17.5 Å². The van der Waals surface area contributed by atoms with Crippen LogP contribution < -0.4 is 11.2 Å². The lowest BCUT2D eigenvalue weighted by atomic mass is 10.1. The summed E-state index contributed by atoms with van der Waals surface area (Å²) in [5.74, 6) is -4.69. The molecule has 4 rings (SSSR count). The second kappa shape index (κ2) is 8.93. The van der Waals surface area contributed by atoms with Crippen LogP contribution in [0.4, 0.5) is 13.2 Å². The summed E-state index contributed by atoms with van der Waals surface area (Å²) in [6.07, 6.45) is 3.14. The van der Waals surface area contributed by atoms with Gasteiger partial charge in [-0.15, -0.1) is 6.58 Å². The Labute approximate surface area is 198 Å². The lowest BCUT2D eigenvalue weighted by Gasteiger charge is -2.17. The Bertz CT molecular complexity index is 1550. The fraction of sp³-hybridized carbons (Fsp3) is 0.182. The topological polar surface area (TPSA) is 94.9 Å². The molecule has 2 heterocycles. The molecule has 0 fully saturated rings. The minimum absolute atomic E-state index is 0.0163. The van der Waals surface area contributed by atoms with Crippen molar-refractivity contribution in [3.63, 3.8) is 0 Å². The van der Waals surface area contributed by atoms with Crippen molar-refractivity contribution in [3.8, 4) is 5.75 Å². The third kappa shape index (κ3) is 4.04. The van der Waals surface area contributed by atoms with Crippen LogP contribution in [0.3, 0.4) is 0 Å². The number of hydrogen-bond acceptors (Lipinski definition) is 5. The van der Waals surface area contributed by atoms with E-state index >= 15 is 0 Å². The molecule has 1 N–H and O–H groups in total. The summed E-state index contributed by atoms with van der Waals surface area (Å²) in [7, 11) is 1.61. The van der Waals surface area contributed by atoms with Gasteiger partial charge in [0.15, 0.2) is 23.3 Å². The van der Waals surface area contributed by atoms with E-state index in [1.54, 1.807) is 7.05 Å². The highest BCUT2D eigenvalue weighted by molar-refractivity contribution is 9.10. The fourth-order valence-electron chi connectivity index (χ4n) is 3.67. The second-order valence-electron chi connectivity index (χ2n) is 7.54. The monoisotopic (exact) mass is 535 g/mol. The highest BCUT2D eigenvalue weighted by Gasteiger charge is 2.22. The van der Waals surface area contributed by atoms with Crippen molar-refractivity contribution in [1.29, 1.82) is 0 Å². The van der Waals surface area contributed by atoms with Crippen LogP contribution in [0.25, 0.3) is 10.9 Å². The normalized spacial score (nSPS) is 11.3. The van der Waals surface area contributed by atoms with Gasteiger partial charge in [-0.3, -0.25) is 18.6 Å². The lowest BCUT2D eigenvalue weighted by molar-refractivity contribution is 0.444. The van der Waals surface area contributed by atoms with Crippen molar-refractivity contribution in [2.24, 2.45) is 7.05 Å². The van der Waals surface area contributed by atoms with Gasteiger partial charge in [0, 0.05) is 17.1 Å². The Kier molecular flexibility index (Phi) is 6.17. The SMILES string of the molecule is C=CCc1c(Br)cc2c(c1O)c(=O)n(Cc1ncn(C)n1)c(=O)n2Cc1cc(F)c(F)c(F)c1. The van der Waals surface area contributed by atoms with Crippen LogP contribution in [0.2, 0.25) is 0 Å². The van der Waals surface area contributed by atoms with Gasteiger partial charge in [0.05, 0.1) is 18.6 Å². The molecule has 2 aromatic carbocycles. The number of phenols is 1. The number of halogens is 4. The second-order valence-corrected chi connectivity index (χ2v) is 8.39. The minimum atomic E-state index is -1.64. The summed E-state index contributed by atoms with van der Waals surface area (Å²) < 4.78 is 44.8. The zero-order chi connectivity index (χ0) is 24.7. The van der Waals surface area contributed by atoms with Gasteiger partial charge in [-0.25, -0.2) is 22.9 Å². The van der Waals surface area contributed by atoms with Crippen molar-refractivity contribution >= 4 is 26.8 Å². The maximum atomic E-state index is 13.8. The Hall–Kier alpha value is -3.67. The van der Waals surface area contributed by atoms with Crippen LogP contribution in [0.1, 0.15) is 17.0 Å². The van der Waals surface area contributed by atoms with Crippen LogP contribution in [0.15, 0.2) is 51.2 Å². The molecule has 0 aliphatic heterocycles. The third-order valence-electron chi connectivity index (χ3n) is 5.22. The number of hydrogen-bond donors (Lipinski definition) is 1. The first-order valence-electron chi connectivity index (χ1n) is 9.88. The van der Waals surface area contributed by atoms with Crippen molar-refractivity contribution in [3.05, 3.63) is 96.9 Å². The summed E-state index contributed by atoms with van der Waals surface area (Å²) in [5.41, 5.74) is -1.31. The molecule has 176 valence electrons. The Morgan fingerprint density at radius 2 is 1.79 bits per heavy atom. The Morgan fingerprint density at radius 1 is 1.12 bits per heavy atom. The van der Waals surface area contributed by atoms with E-state index in [9.17, 15) is 27.9 Å². The summed E-state index contributed by atoms with van der Waals surface area (Å²) in [6, 6.07) is 2.97. The van der Waals surface area contributed by atoms with Gasteiger partial charge in [-0.2, -0.15) is 5.10 Å². The van der Waals surface area contributed by atoms with Crippen LogP contribution >= 0.6 is 15.9 Å². The maximum absolute atomic E-state index is 13.8. The van der Waals surface area contributed by atoms with Crippen LogP contribution in [-0.4, -0.2) is 29.0 Å². The van der Waals surface area contributed by atoms with Gasteiger partial charge in [-0.1, -0.05) is 22.0 Å². The van der Waals surface area contributed by atoms with E-state index < -0.39 is 35.2 Å². The molecule has 0 bridgehead atoms. The first-order chi connectivity index (χ1) is 16.1. The molecule has 0 saturated carbocycles. The minimum Gasteiger partial charge on any atom is -0.507 e. The van der Waals surface area contributed by atoms with Gasteiger partial charge in [0.1, 0.15) is 17.5 Å². The molecule has 34 heavy (non-hydrogen) atoms. The van der Waals surface area contributed by atoms with E-state index in [0.29, 0.717) is 10.0 Å². The molecule has 0 unspecified atom stereocenters. The first kappa shape index (κ1) is 23.5. The zero-order valence-electron chi connectivity index (χ0n) is 17.7. The number of nitrogens with zero attached hydrogens (tertiary/aromatic N) is 5. The molecule has 0 amide bonds. The molecule has 0 spiro atoms. The standard InChI is InChI=1S/C22H17BrF3N5O3/c1-3-4-12-13(23)7-16-18(20(12)32)21(33)31(9-17-27-10-29(2)28-17)22(34)30(16)8-11-5-14(24)19(26)15(25)6-11/h3,5-7,10,32H,1,4,8-9H2,2H3. The molecule has 0 atom stereocenters. The highest BCUT2D eigenvalue weighted by atomic mass is 79.9. The van der Waals surface area contributed by atoms with E-state index in [1.165, 1.54) is 23.2 Å². The molecular weight excluding hydrogens is 519 g/mol. The van der Waals surface area contributed by atoms with Gasteiger partial charge in [0.25, 0.3) is 5.56 Å². The summed E-state index contributed by atoms with van der Waals surface area (Å²) in [4.78, 5) is 30.7. The quantitative estimate of drug-likeness (QED) is 0.302. The Morgan fingerprint density at radius 3 is 2.38 bits per heavy atom. The number of phenolic OH excluding ortho intramolecular Hbond substituents is 1. The largest absolute Gasteiger partial charge is 0.507 e. The van der Waals surface area contributed by atoms with E-state index in [0.717, 1.165) is 21.3 Å². The number of allylic oxidation sites excluding steroid dienone is 1. The molecule has 0 saturated heterocycles. The summed E-state index contributed by atoms with van der Waals surface area (Å²) in [6.45, 7) is 2.91. The van der Waals surface area contributed by atoms with E-state index in [4.69, 9.17) is 0 Å². The van der Waals surface area contributed by atoms with Crippen LogP contribution in [0.5, 0.6) is 5.75 Å². The smallest absolute Gasteiger partial charge is 0.332 e.